The zero-order valence-corrected chi connectivity index (χ0v) is 11.1. The lowest BCUT2D eigenvalue weighted by molar-refractivity contribution is 0.0690. The first-order valence-corrected chi connectivity index (χ1v) is 5.80. The summed E-state index contributed by atoms with van der Waals surface area (Å²) in [5.41, 5.74) is 1.87. The van der Waals surface area contributed by atoms with Gasteiger partial charge in [0.05, 0.1) is 12.8 Å². The molecule has 98 valence electrons. The molecule has 1 aromatic carbocycles. The third kappa shape index (κ3) is 2.66. The molecule has 2 aromatic rings. The van der Waals surface area contributed by atoms with Gasteiger partial charge in [0, 0.05) is 10.6 Å². The van der Waals surface area contributed by atoms with E-state index in [1.807, 2.05) is 6.92 Å². The van der Waals surface area contributed by atoms with E-state index in [0.29, 0.717) is 22.0 Å². The Labute approximate surface area is 114 Å². The number of aromatic carboxylic acids is 1. The molecule has 2 rings (SSSR count). The maximum absolute atomic E-state index is 10.9. The summed E-state index contributed by atoms with van der Waals surface area (Å²) in [6, 6.07) is 4.86. The minimum Gasteiger partial charge on any atom is -0.496 e. The van der Waals surface area contributed by atoms with Gasteiger partial charge < -0.3 is 9.84 Å². The number of benzene rings is 1. The second-order valence-corrected chi connectivity index (χ2v) is 4.30. The van der Waals surface area contributed by atoms with Crippen LogP contribution in [0.15, 0.2) is 24.5 Å². The van der Waals surface area contributed by atoms with Crippen molar-refractivity contribution in [3.8, 4) is 17.0 Å². The first kappa shape index (κ1) is 13.3. The van der Waals surface area contributed by atoms with Gasteiger partial charge in [0.25, 0.3) is 0 Å². The van der Waals surface area contributed by atoms with E-state index in [4.69, 9.17) is 21.4 Å². The lowest BCUT2D eigenvalue weighted by atomic mass is 10.1. The first-order chi connectivity index (χ1) is 9.02. The van der Waals surface area contributed by atoms with Crippen molar-refractivity contribution in [3.63, 3.8) is 0 Å². The van der Waals surface area contributed by atoms with Gasteiger partial charge in [-0.2, -0.15) is 0 Å². The fourth-order valence-electron chi connectivity index (χ4n) is 1.65. The van der Waals surface area contributed by atoms with Crippen molar-refractivity contribution < 1.29 is 14.6 Å². The van der Waals surface area contributed by atoms with Crippen molar-refractivity contribution in [1.82, 2.24) is 9.97 Å². The number of hydrogen-bond donors (Lipinski definition) is 1. The summed E-state index contributed by atoms with van der Waals surface area (Å²) in [7, 11) is 1.53. The van der Waals surface area contributed by atoms with E-state index in [2.05, 4.69) is 9.97 Å². The van der Waals surface area contributed by atoms with Gasteiger partial charge in [0.15, 0.2) is 5.69 Å². The van der Waals surface area contributed by atoms with Crippen molar-refractivity contribution in [1.29, 1.82) is 0 Å². The van der Waals surface area contributed by atoms with Gasteiger partial charge in [-0.3, -0.25) is 0 Å². The molecule has 0 amide bonds. The Balaban J connectivity index is 2.61. The number of rotatable bonds is 3. The van der Waals surface area contributed by atoms with Crippen molar-refractivity contribution in [2.75, 3.05) is 7.11 Å². The van der Waals surface area contributed by atoms with Gasteiger partial charge >= 0.3 is 5.97 Å². The Hall–Kier alpha value is -2.14. The molecule has 0 atom stereocenters. The molecule has 0 radical (unpaired) electrons. The predicted octanol–water partition coefficient (Wildman–Crippen LogP) is 2.81. The van der Waals surface area contributed by atoms with Crippen molar-refractivity contribution in [2.24, 2.45) is 0 Å². The maximum atomic E-state index is 10.9. The molecule has 6 heteroatoms. The summed E-state index contributed by atoms with van der Waals surface area (Å²) in [6.07, 6.45) is 1.20. The Bertz CT molecular complexity index is 644. The standard InChI is InChI=1S/C13H11ClN2O3/c1-7-3-12(19-2)8(4-9(7)14)10-5-11(13(17)18)16-6-15-10/h3-6H,1-2H3,(H,17,18). The quantitative estimate of drug-likeness (QED) is 0.934. The molecular weight excluding hydrogens is 268 g/mol. The van der Waals surface area contributed by atoms with Crippen molar-refractivity contribution in [3.05, 3.63) is 40.8 Å². The number of carbonyl (C=O) groups is 1. The van der Waals surface area contributed by atoms with Crippen LogP contribution in [0.4, 0.5) is 0 Å². The number of methoxy groups -OCH3 is 1. The third-order valence-corrected chi connectivity index (χ3v) is 3.05. The second-order valence-electron chi connectivity index (χ2n) is 3.90. The lowest BCUT2D eigenvalue weighted by Crippen LogP contribution is -2.01. The van der Waals surface area contributed by atoms with Crippen LogP contribution in [0.2, 0.25) is 5.02 Å². The summed E-state index contributed by atoms with van der Waals surface area (Å²) in [5.74, 6) is -0.530. The lowest BCUT2D eigenvalue weighted by Gasteiger charge is -2.10. The largest absolute Gasteiger partial charge is 0.496 e. The van der Waals surface area contributed by atoms with Gasteiger partial charge in [-0.05, 0) is 30.7 Å². The van der Waals surface area contributed by atoms with Crippen LogP contribution in [0.3, 0.4) is 0 Å². The molecule has 5 nitrogen and oxygen atoms in total. The zero-order chi connectivity index (χ0) is 14.0. The highest BCUT2D eigenvalue weighted by Crippen LogP contribution is 2.33. The number of aryl methyl sites for hydroxylation is 1. The van der Waals surface area contributed by atoms with Gasteiger partial charge in [-0.15, -0.1) is 0 Å². The number of aromatic nitrogens is 2. The van der Waals surface area contributed by atoms with Gasteiger partial charge in [0.2, 0.25) is 0 Å². The highest BCUT2D eigenvalue weighted by Gasteiger charge is 2.13. The summed E-state index contributed by atoms with van der Waals surface area (Å²) in [4.78, 5) is 18.6. The summed E-state index contributed by atoms with van der Waals surface area (Å²) < 4.78 is 5.27. The predicted molar refractivity (Wildman–Crippen MR) is 70.7 cm³/mol. The number of hydrogen-bond acceptors (Lipinski definition) is 4. The van der Waals surface area contributed by atoms with E-state index in [0.717, 1.165) is 5.56 Å². The average Bonchev–Trinajstić information content (AvgIpc) is 2.41. The Morgan fingerprint density at radius 3 is 2.68 bits per heavy atom. The number of ether oxygens (including phenoxy) is 1. The molecule has 0 unspecified atom stereocenters. The SMILES string of the molecule is COc1cc(C)c(Cl)cc1-c1cc(C(=O)O)ncn1. The normalized spacial score (nSPS) is 10.3. The molecule has 0 fully saturated rings. The molecule has 1 aromatic heterocycles. The zero-order valence-electron chi connectivity index (χ0n) is 10.3. The molecule has 0 aliphatic rings. The van der Waals surface area contributed by atoms with E-state index in [9.17, 15) is 4.79 Å². The highest BCUT2D eigenvalue weighted by molar-refractivity contribution is 6.31. The Morgan fingerprint density at radius 1 is 1.32 bits per heavy atom. The first-order valence-electron chi connectivity index (χ1n) is 5.42. The van der Waals surface area contributed by atoms with Gasteiger partial charge in [-0.1, -0.05) is 11.6 Å². The molecule has 0 aliphatic carbocycles. The van der Waals surface area contributed by atoms with Crippen LogP contribution in [-0.2, 0) is 0 Å². The van der Waals surface area contributed by atoms with Crippen LogP contribution in [0, 0.1) is 6.92 Å². The minimum absolute atomic E-state index is 0.0799. The topological polar surface area (TPSA) is 72.3 Å². The van der Waals surface area contributed by atoms with E-state index < -0.39 is 5.97 Å². The smallest absolute Gasteiger partial charge is 0.354 e. The second kappa shape index (κ2) is 5.24. The number of halogens is 1. The maximum Gasteiger partial charge on any atom is 0.354 e. The minimum atomic E-state index is -1.11. The molecule has 0 spiro atoms. The summed E-state index contributed by atoms with van der Waals surface area (Å²) >= 11 is 6.08. The third-order valence-electron chi connectivity index (χ3n) is 2.64. The molecule has 0 aliphatic heterocycles. The van der Waals surface area contributed by atoms with Crippen LogP contribution >= 0.6 is 11.6 Å². The molecule has 19 heavy (non-hydrogen) atoms. The van der Waals surface area contributed by atoms with Gasteiger partial charge in [0.1, 0.15) is 12.1 Å². The van der Waals surface area contributed by atoms with E-state index in [1.54, 1.807) is 12.1 Å². The highest BCUT2D eigenvalue weighted by atomic mass is 35.5. The number of nitrogens with zero attached hydrogens (tertiary/aromatic N) is 2. The Kier molecular flexibility index (Phi) is 3.66. The molecular formula is C13H11ClN2O3. The molecule has 1 N–H and O–H groups in total. The van der Waals surface area contributed by atoms with E-state index >= 15 is 0 Å². The average molecular weight is 279 g/mol. The summed E-state index contributed by atoms with van der Waals surface area (Å²) in [5, 5.41) is 9.50. The van der Waals surface area contributed by atoms with Crippen LogP contribution in [0.25, 0.3) is 11.3 Å². The van der Waals surface area contributed by atoms with E-state index in [1.165, 1.54) is 19.5 Å². The Morgan fingerprint density at radius 2 is 2.05 bits per heavy atom. The van der Waals surface area contributed by atoms with Crippen LogP contribution in [-0.4, -0.2) is 28.2 Å². The monoisotopic (exact) mass is 278 g/mol. The van der Waals surface area contributed by atoms with Crippen LogP contribution in [0.5, 0.6) is 5.75 Å². The molecule has 0 bridgehead atoms. The number of carboxylic acid groups (broad SMARTS) is 1. The molecule has 0 saturated carbocycles. The molecule has 0 saturated heterocycles. The molecule has 1 heterocycles. The fourth-order valence-corrected chi connectivity index (χ4v) is 1.81. The van der Waals surface area contributed by atoms with Crippen molar-refractivity contribution >= 4 is 17.6 Å². The fraction of sp³-hybridized carbons (Fsp3) is 0.154. The van der Waals surface area contributed by atoms with E-state index in [-0.39, 0.29) is 5.69 Å². The van der Waals surface area contributed by atoms with Crippen LogP contribution in [0.1, 0.15) is 16.1 Å². The van der Waals surface area contributed by atoms with Crippen LogP contribution < -0.4 is 4.74 Å². The summed E-state index contributed by atoms with van der Waals surface area (Å²) in [6.45, 7) is 1.86. The number of carboxylic acids is 1. The van der Waals surface area contributed by atoms with Gasteiger partial charge in [-0.25, -0.2) is 14.8 Å². The van der Waals surface area contributed by atoms with Crippen molar-refractivity contribution in [2.45, 2.75) is 6.92 Å².